The predicted molar refractivity (Wildman–Crippen MR) is 30.6 cm³/mol. The second-order valence-corrected chi connectivity index (χ2v) is 4.11. The van der Waals surface area contributed by atoms with Gasteiger partial charge in [-0.3, -0.25) is 0 Å². The first-order valence-corrected chi connectivity index (χ1v) is 4.38. The van der Waals surface area contributed by atoms with E-state index in [1.807, 2.05) is 0 Å². The lowest BCUT2D eigenvalue weighted by Crippen LogP contribution is -2.34. The van der Waals surface area contributed by atoms with Crippen molar-refractivity contribution in [2.24, 2.45) is 0 Å². The van der Waals surface area contributed by atoms with Crippen molar-refractivity contribution in [3.63, 3.8) is 0 Å². The lowest BCUT2D eigenvalue weighted by Gasteiger charge is -2.16. The monoisotopic (exact) mass is 152 g/mol. The fourth-order valence-corrected chi connectivity index (χ4v) is 1.83. The zero-order chi connectivity index (χ0) is 6.91. The highest BCUT2D eigenvalue weighted by atomic mass is 32.2. The number of hydrogen-bond acceptors (Lipinski definition) is 4. The smallest absolute Gasteiger partial charge is 0.176 e. The van der Waals surface area contributed by atoms with Gasteiger partial charge in [-0.05, 0) is 0 Å². The molecule has 0 spiro atoms. The van der Waals surface area contributed by atoms with Gasteiger partial charge in [-0.1, -0.05) is 0 Å². The van der Waals surface area contributed by atoms with E-state index < -0.39 is 15.9 Å². The molecule has 4 nitrogen and oxygen atoms in total. The molecule has 1 aliphatic rings. The Morgan fingerprint density at radius 2 is 2.22 bits per heavy atom. The van der Waals surface area contributed by atoms with Crippen molar-refractivity contribution in [2.45, 2.75) is 6.10 Å². The molecule has 1 N–H and O–H groups in total. The van der Waals surface area contributed by atoms with Gasteiger partial charge in [0.05, 0.1) is 18.5 Å². The molecule has 0 aromatic carbocycles. The minimum Gasteiger partial charge on any atom is -0.390 e. The van der Waals surface area contributed by atoms with Crippen molar-refractivity contribution in [1.29, 1.82) is 0 Å². The molecule has 1 saturated heterocycles. The number of aliphatic hydroxyl groups excluding tert-OH is 1. The van der Waals surface area contributed by atoms with Crippen LogP contribution in [0.1, 0.15) is 0 Å². The molecule has 1 heterocycles. The van der Waals surface area contributed by atoms with Crippen LogP contribution in [0.25, 0.3) is 0 Å². The van der Waals surface area contributed by atoms with Gasteiger partial charge >= 0.3 is 0 Å². The van der Waals surface area contributed by atoms with Crippen molar-refractivity contribution < 1.29 is 18.3 Å². The summed E-state index contributed by atoms with van der Waals surface area (Å²) in [5.74, 6) is -0.406. The molecule has 1 aliphatic heterocycles. The summed E-state index contributed by atoms with van der Waals surface area (Å²) in [6.07, 6.45) is -0.830. The van der Waals surface area contributed by atoms with E-state index in [-0.39, 0.29) is 18.3 Å². The SMILES string of the molecule is O=S1(=O)COCC(O)C1. The molecular formula is C4H8O4S. The molecule has 0 radical (unpaired) electrons. The van der Waals surface area contributed by atoms with E-state index in [2.05, 4.69) is 4.74 Å². The van der Waals surface area contributed by atoms with Gasteiger partial charge in [0.2, 0.25) is 0 Å². The molecule has 0 amide bonds. The summed E-state index contributed by atoms with van der Waals surface area (Å²) < 4.78 is 25.7. The summed E-state index contributed by atoms with van der Waals surface area (Å²) >= 11 is 0. The molecular weight excluding hydrogens is 144 g/mol. The molecule has 54 valence electrons. The third-order valence-electron chi connectivity index (χ3n) is 1.02. The Balaban J connectivity index is 2.62. The fourth-order valence-electron chi connectivity index (χ4n) is 0.700. The normalized spacial score (nSPS) is 34.1. The van der Waals surface area contributed by atoms with E-state index >= 15 is 0 Å². The summed E-state index contributed by atoms with van der Waals surface area (Å²) in [5.41, 5.74) is 0. The molecule has 9 heavy (non-hydrogen) atoms. The van der Waals surface area contributed by atoms with E-state index in [0.29, 0.717) is 0 Å². The van der Waals surface area contributed by atoms with Gasteiger partial charge in [0, 0.05) is 0 Å². The Hall–Kier alpha value is -0.130. The summed E-state index contributed by atoms with van der Waals surface area (Å²) in [4.78, 5) is 0. The molecule has 0 bridgehead atoms. The average molecular weight is 152 g/mol. The standard InChI is InChI=1S/C4H8O4S/c5-4-1-8-3-9(6,7)2-4/h4-5H,1-3H2. The molecule has 1 rings (SSSR count). The maximum absolute atomic E-state index is 10.6. The van der Waals surface area contributed by atoms with Crippen LogP contribution >= 0.6 is 0 Å². The van der Waals surface area contributed by atoms with Crippen LogP contribution in [0.4, 0.5) is 0 Å². The number of ether oxygens (including phenoxy) is 1. The second-order valence-electron chi connectivity index (χ2n) is 2.05. The Kier molecular flexibility index (Phi) is 1.74. The predicted octanol–water partition coefficient (Wildman–Crippen LogP) is -1.25. The minimum atomic E-state index is -3.10. The van der Waals surface area contributed by atoms with Crippen molar-refractivity contribution in [2.75, 3.05) is 18.3 Å². The van der Waals surface area contributed by atoms with Crippen LogP contribution in [0.5, 0.6) is 0 Å². The molecule has 0 aromatic heterocycles. The topological polar surface area (TPSA) is 63.6 Å². The highest BCUT2D eigenvalue weighted by Gasteiger charge is 2.22. The molecule has 1 atom stereocenters. The van der Waals surface area contributed by atoms with Crippen LogP contribution in [0.15, 0.2) is 0 Å². The largest absolute Gasteiger partial charge is 0.390 e. The molecule has 1 fully saturated rings. The van der Waals surface area contributed by atoms with Gasteiger partial charge in [0.1, 0.15) is 5.94 Å². The fraction of sp³-hybridized carbons (Fsp3) is 1.00. The molecule has 0 aromatic rings. The third kappa shape index (κ3) is 1.92. The van der Waals surface area contributed by atoms with Gasteiger partial charge in [0.25, 0.3) is 0 Å². The lowest BCUT2D eigenvalue weighted by atomic mass is 10.4. The first kappa shape index (κ1) is 6.98. The van der Waals surface area contributed by atoms with Crippen molar-refractivity contribution in [1.82, 2.24) is 0 Å². The third-order valence-corrected chi connectivity index (χ3v) is 2.44. The summed E-state index contributed by atoms with van der Waals surface area (Å²) in [7, 11) is -3.10. The lowest BCUT2D eigenvalue weighted by molar-refractivity contribution is 0.0567. The second kappa shape index (κ2) is 2.24. The number of hydrogen-bond donors (Lipinski definition) is 1. The van der Waals surface area contributed by atoms with Gasteiger partial charge in [-0.25, -0.2) is 8.42 Å². The van der Waals surface area contributed by atoms with E-state index in [1.165, 1.54) is 0 Å². The molecule has 0 aliphatic carbocycles. The van der Waals surface area contributed by atoms with Gasteiger partial charge in [-0.2, -0.15) is 0 Å². The zero-order valence-corrected chi connectivity index (χ0v) is 5.60. The van der Waals surface area contributed by atoms with Crippen molar-refractivity contribution in [3.05, 3.63) is 0 Å². The van der Waals surface area contributed by atoms with Gasteiger partial charge < -0.3 is 9.84 Å². The van der Waals surface area contributed by atoms with Crippen LogP contribution < -0.4 is 0 Å². The van der Waals surface area contributed by atoms with Gasteiger partial charge in [-0.15, -0.1) is 0 Å². The van der Waals surface area contributed by atoms with Crippen LogP contribution in [-0.2, 0) is 14.6 Å². The van der Waals surface area contributed by atoms with Crippen LogP contribution in [0.2, 0.25) is 0 Å². The number of sulfone groups is 1. The van der Waals surface area contributed by atoms with Crippen molar-refractivity contribution in [3.8, 4) is 0 Å². The Morgan fingerprint density at radius 3 is 2.56 bits per heavy atom. The van der Waals surface area contributed by atoms with E-state index in [4.69, 9.17) is 5.11 Å². The summed E-state index contributed by atoms with van der Waals surface area (Å²) in [6.45, 7) is 0.138. The zero-order valence-electron chi connectivity index (χ0n) is 4.78. The maximum atomic E-state index is 10.6. The van der Waals surface area contributed by atoms with E-state index in [9.17, 15) is 8.42 Å². The van der Waals surface area contributed by atoms with Crippen LogP contribution in [0, 0.1) is 0 Å². The Bertz CT molecular complexity index is 183. The molecule has 5 heteroatoms. The minimum absolute atomic E-state index is 0.138. The Labute approximate surface area is 53.4 Å². The van der Waals surface area contributed by atoms with Crippen molar-refractivity contribution >= 4 is 9.84 Å². The average Bonchev–Trinajstić information content (AvgIpc) is 1.60. The summed E-state index contributed by atoms with van der Waals surface area (Å²) in [5, 5.41) is 8.74. The quantitative estimate of drug-likeness (QED) is 0.471. The summed E-state index contributed by atoms with van der Waals surface area (Å²) in [6, 6.07) is 0. The first-order chi connectivity index (χ1) is 4.10. The highest BCUT2D eigenvalue weighted by Crippen LogP contribution is 2.03. The molecule has 1 unspecified atom stereocenters. The van der Waals surface area contributed by atoms with Gasteiger partial charge in [0.15, 0.2) is 9.84 Å². The van der Waals surface area contributed by atoms with Crippen LogP contribution in [-0.4, -0.2) is 37.9 Å². The molecule has 0 saturated carbocycles. The first-order valence-electron chi connectivity index (χ1n) is 2.56. The van der Waals surface area contributed by atoms with Crippen LogP contribution in [0.3, 0.4) is 0 Å². The van der Waals surface area contributed by atoms with E-state index in [0.717, 1.165) is 0 Å². The Morgan fingerprint density at radius 1 is 1.56 bits per heavy atom. The van der Waals surface area contributed by atoms with E-state index in [1.54, 1.807) is 0 Å². The number of rotatable bonds is 0. The highest BCUT2D eigenvalue weighted by molar-refractivity contribution is 7.91. The number of aliphatic hydroxyl groups is 1. The maximum Gasteiger partial charge on any atom is 0.176 e.